The minimum absolute atomic E-state index is 0. The zero-order valence-electron chi connectivity index (χ0n) is 17.4. The fraction of sp³-hybridized carbons (Fsp3) is 0.318. The maximum absolute atomic E-state index is 4.32. The highest BCUT2D eigenvalue weighted by Crippen LogP contribution is 2.22. The first-order valence-electron chi connectivity index (χ1n) is 10.1. The van der Waals surface area contributed by atoms with Crippen molar-refractivity contribution in [3.63, 3.8) is 0 Å². The molecule has 0 unspecified atom stereocenters. The Morgan fingerprint density at radius 1 is 1.03 bits per heavy atom. The van der Waals surface area contributed by atoms with Crippen LogP contribution in [-0.4, -0.2) is 45.7 Å². The van der Waals surface area contributed by atoms with E-state index in [2.05, 4.69) is 62.1 Å². The minimum atomic E-state index is 0. The number of para-hydroxylation sites is 1. The van der Waals surface area contributed by atoms with Crippen LogP contribution in [0.4, 0.5) is 0 Å². The summed E-state index contributed by atoms with van der Waals surface area (Å²) < 4.78 is 2.01. The van der Waals surface area contributed by atoms with Gasteiger partial charge in [-0.2, -0.15) is 0 Å². The number of nitrogens with zero attached hydrogens (tertiary/aromatic N) is 4. The number of aromatic nitrogens is 4. The van der Waals surface area contributed by atoms with Gasteiger partial charge in [0.15, 0.2) is 11.6 Å². The molecule has 4 aromatic rings. The van der Waals surface area contributed by atoms with E-state index in [9.17, 15) is 0 Å². The van der Waals surface area contributed by atoms with Crippen LogP contribution in [0.5, 0.6) is 0 Å². The quantitative estimate of drug-likeness (QED) is 0.200. The topological polar surface area (TPSA) is 82.4 Å². The number of pyridine rings is 1. The number of aliphatic imine (C=N–C) groups is 1. The number of fused-ring (bicyclic) bond motifs is 2. The number of aryl methyl sites for hydroxylation is 1. The zero-order chi connectivity index (χ0) is 20.1. The Morgan fingerprint density at radius 2 is 1.87 bits per heavy atom. The Bertz CT molecular complexity index is 1130. The van der Waals surface area contributed by atoms with Crippen LogP contribution in [0.1, 0.15) is 23.9 Å². The van der Waals surface area contributed by atoms with Crippen LogP contribution in [0.2, 0.25) is 0 Å². The molecule has 0 amide bonds. The molecule has 0 aliphatic rings. The van der Waals surface area contributed by atoms with Gasteiger partial charge in [-0.1, -0.05) is 31.2 Å². The highest BCUT2D eigenvalue weighted by molar-refractivity contribution is 14.0. The van der Waals surface area contributed by atoms with Crippen molar-refractivity contribution in [1.29, 1.82) is 0 Å². The lowest BCUT2D eigenvalue weighted by Gasteiger charge is -2.11. The summed E-state index contributed by atoms with van der Waals surface area (Å²) in [6, 6.07) is 12.4. The van der Waals surface area contributed by atoms with Gasteiger partial charge in [0.2, 0.25) is 0 Å². The normalized spacial score (nSPS) is 11.6. The first kappa shape index (κ1) is 22.1. The van der Waals surface area contributed by atoms with Crippen molar-refractivity contribution < 1.29 is 0 Å². The Labute approximate surface area is 193 Å². The third kappa shape index (κ3) is 4.75. The molecular formula is C22H28IN7. The molecule has 1 aromatic carbocycles. The SMILES string of the molecule is CCc1cccc2c(CCNC(=NC)NCCc3nnc4ccccn34)c[nH]c12.I. The van der Waals surface area contributed by atoms with E-state index in [-0.39, 0.29) is 24.0 Å². The number of guanidine groups is 1. The van der Waals surface area contributed by atoms with E-state index < -0.39 is 0 Å². The first-order valence-corrected chi connectivity index (χ1v) is 10.1. The number of H-pyrrole nitrogens is 1. The predicted molar refractivity (Wildman–Crippen MR) is 133 cm³/mol. The molecule has 3 heterocycles. The maximum atomic E-state index is 4.32. The second-order valence-corrected chi connectivity index (χ2v) is 6.98. The smallest absolute Gasteiger partial charge is 0.191 e. The summed E-state index contributed by atoms with van der Waals surface area (Å²) in [5, 5.41) is 16.5. The van der Waals surface area contributed by atoms with Crippen molar-refractivity contribution in [2.24, 2.45) is 4.99 Å². The van der Waals surface area contributed by atoms with Crippen LogP contribution < -0.4 is 10.6 Å². The number of aromatic amines is 1. The summed E-state index contributed by atoms with van der Waals surface area (Å²) in [6.45, 7) is 3.74. The monoisotopic (exact) mass is 517 g/mol. The van der Waals surface area contributed by atoms with Gasteiger partial charge >= 0.3 is 0 Å². The van der Waals surface area contributed by atoms with Gasteiger partial charge in [-0.25, -0.2) is 0 Å². The number of nitrogens with one attached hydrogen (secondary N) is 3. The fourth-order valence-corrected chi connectivity index (χ4v) is 3.67. The summed E-state index contributed by atoms with van der Waals surface area (Å²) in [5.41, 5.74) is 4.82. The molecule has 30 heavy (non-hydrogen) atoms. The van der Waals surface area contributed by atoms with Crippen LogP contribution in [-0.2, 0) is 19.3 Å². The van der Waals surface area contributed by atoms with E-state index in [1.807, 2.05) is 28.8 Å². The fourth-order valence-electron chi connectivity index (χ4n) is 3.67. The molecule has 0 spiro atoms. The molecule has 158 valence electrons. The lowest BCUT2D eigenvalue weighted by molar-refractivity contribution is 0.757. The van der Waals surface area contributed by atoms with Crippen LogP contribution in [0.15, 0.2) is 53.8 Å². The van der Waals surface area contributed by atoms with Gasteiger partial charge in [-0.15, -0.1) is 34.2 Å². The number of halogens is 1. The highest BCUT2D eigenvalue weighted by Gasteiger charge is 2.08. The summed E-state index contributed by atoms with van der Waals surface area (Å²) in [5.74, 6) is 1.74. The minimum Gasteiger partial charge on any atom is -0.361 e. The number of rotatable bonds is 7. The van der Waals surface area contributed by atoms with Crippen LogP contribution in [0.25, 0.3) is 16.6 Å². The molecule has 7 nitrogen and oxygen atoms in total. The largest absolute Gasteiger partial charge is 0.361 e. The number of benzene rings is 1. The van der Waals surface area contributed by atoms with Gasteiger partial charge in [0.05, 0.1) is 0 Å². The summed E-state index contributed by atoms with van der Waals surface area (Å²) >= 11 is 0. The molecule has 0 bridgehead atoms. The third-order valence-corrected chi connectivity index (χ3v) is 5.20. The molecule has 3 N–H and O–H groups in total. The van der Waals surface area contributed by atoms with E-state index in [1.165, 1.54) is 22.0 Å². The van der Waals surface area contributed by atoms with E-state index in [0.29, 0.717) is 0 Å². The van der Waals surface area contributed by atoms with E-state index in [1.54, 1.807) is 7.05 Å². The predicted octanol–water partition coefficient (Wildman–Crippen LogP) is 3.34. The van der Waals surface area contributed by atoms with Crippen molar-refractivity contribution >= 4 is 46.5 Å². The number of hydrogen-bond acceptors (Lipinski definition) is 3. The standard InChI is InChI=1S/C22H27N7.HI/c1-3-16-7-6-8-18-17(15-26-21(16)18)10-12-24-22(23-2)25-13-11-20-28-27-19-9-4-5-14-29(19)20;/h4-9,14-15,26H,3,10-13H2,1-2H3,(H2,23,24,25);1H. The van der Waals surface area contributed by atoms with Crippen LogP contribution in [0.3, 0.4) is 0 Å². The number of hydrogen-bond donors (Lipinski definition) is 3. The van der Waals surface area contributed by atoms with Crippen molar-refractivity contribution in [2.75, 3.05) is 20.1 Å². The molecule has 0 aliphatic carbocycles. The first-order chi connectivity index (χ1) is 14.3. The van der Waals surface area contributed by atoms with Gasteiger partial charge < -0.3 is 15.6 Å². The average molecular weight is 517 g/mol. The Balaban J connectivity index is 0.00000256. The van der Waals surface area contributed by atoms with Crippen molar-refractivity contribution in [3.8, 4) is 0 Å². The lowest BCUT2D eigenvalue weighted by atomic mass is 10.1. The second-order valence-electron chi connectivity index (χ2n) is 6.98. The summed E-state index contributed by atoms with van der Waals surface area (Å²) in [4.78, 5) is 7.76. The van der Waals surface area contributed by atoms with Gasteiger partial charge in [-0.3, -0.25) is 9.39 Å². The Hall–Kier alpha value is -2.62. The van der Waals surface area contributed by atoms with Gasteiger partial charge in [0.1, 0.15) is 5.82 Å². The van der Waals surface area contributed by atoms with Crippen molar-refractivity contribution in [2.45, 2.75) is 26.2 Å². The molecule has 3 aromatic heterocycles. The molecular weight excluding hydrogens is 489 g/mol. The second kappa shape index (κ2) is 10.4. The van der Waals surface area contributed by atoms with Crippen LogP contribution in [0, 0.1) is 0 Å². The van der Waals surface area contributed by atoms with Gasteiger partial charge in [0, 0.05) is 49.9 Å². The van der Waals surface area contributed by atoms with E-state index in [4.69, 9.17) is 0 Å². The zero-order valence-corrected chi connectivity index (χ0v) is 19.7. The molecule has 0 aliphatic heterocycles. The molecule has 0 saturated carbocycles. The van der Waals surface area contributed by atoms with Gasteiger partial charge in [-0.05, 0) is 36.1 Å². The molecule has 0 atom stereocenters. The maximum Gasteiger partial charge on any atom is 0.191 e. The molecule has 4 rings (SSSR count). The van der Waals surface area contributed by atoms with Crippen LogP contribution >= 0.6 is 24.0 Å². The Kier molecular flexibility index (Phi) is 7.67. The summed E-state index contributed by atoms with van der Waals surface area (Å²) in [6.07, 6.45) is 6.85. The van der Waals surface area contributed by atoms with Crippen molar-refractivity contribution in [1.82, 2.24) is 30.2 Å². The van der Waals surface area contributed by atoms with E-state index in [0.717, 1.165) is 49.8 Å². The van der Waals surface area contributed by atoms with Gasteiger partial charge in [0.25, 0.3) is 0 Å². The third-order valence-electron chi connectivity index (χ3n) is 5.20. The average Bonchev–Trinajstić information content (AvgIpc) is 3.37. The lowest BCUT2D eigenvalue weighted by Crippen LogP contribution is -2.39. The van der Waals surface area contributed by atoms with Crippen molar-refractivity contribution in [3.05, 3.63) is 65.7 Å². The molecule has 0 radical (unpaired) electrons. The summed E-state index contributed by atoms with van der Waals surface area (Å²) in [7, 11) is 1.79. The molecule has 8 heteroatoms. The molecule has 0 saturated heterocycles. The highest BCUT2D eigenvalue weighted by atomic mass is 127. The van der Waals surface area contributed by atoms with E-state index >= 15 is 0 Å². The molecule has 0 fully saturated rings. The Morgan fingerprint density at radius 3 is 2.67 bits per heavy atom.